The molecule has 2 rings (SSSR count). The van der Waals surface area contributed by atoms with Gasteiger partial charge in [-0.25, -0.2) is 4.79 Å². The van der Waals surface area contributed by atoms with Gasteiger partial charge in [0.15, 0.2) is 0 Å². The maximum atomic E-state index is 11.4. The Labute approximate surface area is 97.3 Å². The zero-order valence-electron chi connectivity index (χ0n) is 9.09. The van der Waals surface area contributed by atoms with Crippen LogP contribution in [0.2, 0.25) is 0 Å². The van der Waals surface area contributed by atoms with E-state index in [2.05, 4.69) is 4.98 Å². The molecule has 0 aliphatic rings. The Kier molecular flexibility index (Phi) is 3.09. The van der Waals surface area contributed by atoms with Crippen LogP contribution in [0.3, 0.4) is 0 Å². The van der Waals surface area contributed by atoms with Crippen molar-refractivity contribution in [3.05, 3.63) is 52.7 Å². The molecule has 1 heterocycles. The number of aliphatic carboxylic acids is 1. The van der Waals surface area contributed by atoms with Gasteiger partial charge in [-0.15, -0.1) is 0 Å². The highest BCUT2D eigenvalue weighted by Crippen LogP contribution is 2.10. The van der Waals surface area contributed by atoms with Crippen LogP contribution in [0.25, 0.3) is 5.69 Å². The second-order valence-corrected chi connectivity index (χ2v) is 3.70. The molecule has 0 saturated carbocycles. The molecule has 5 nitrogen and oxygen atoms in total. The van der Waals surface area contributed by atoms with Crippen molar-refractivity contribution in [2.24, 2.45) is 0 Å². The Morgan fingerprint density at radius 1 is 1.41 bits per heavy atom. The van der Waals surface area contributed by atoms with Gasteiger partial charge in [-0.1, -0.05) is 12.1 Å². The molecule has 0 aliphatic heterocycles. The third-order valence-electron chi connectivity index (χ3n) is 2.47. The van der Waals surface area contributed by atoms with Crippen molar-refractivity contribution in [1.82, 2.24) is 9.55 Å². The highest BCUT2D eigenvalue weighted by molar-refractivity contribution is 5.67. The predicted octanol–water partition coefficient (Wildman–Crippen LogP) is 1.18. The average molecular weight is 232 g/mol. The highest BCUT2D eigenvalue weighted by atomic mass is 16.4. The number of carboxylic acids is 1. The number of hydrogen-bond acceptors (Lipinski definition) is 2. The van der Waals surface area contributed by atoms with Gasteiger partial charge in [-0.3, -0.25) is 9.36 Å². The molecule has 1 aromatic heterocycles. The summed E-state index contributed by atoms with van der Waals surface area (Å²) >= 11 is 0. The van der Waals surface area contributed by atoms with E-state index < -0.39 is 5.97 Å². The van der Waals surface area contributed by atoms with Gasteiger partial charge in [0.05, 0.1) is 5.69 Å². The first kappa shape index (κ1) is 11.2. The van der Waals surface area contributed by atoms with E-state index in [1.165, 1.54) is 4.57 Å². The van der Waals surface area contributed by atoms with Crippen molar-refractivity contribution in [1.29, 1.82) is 0 Å². The van der Waals surface area contributed by atoms with Crippen LogP contribution in [0.1, 0.15) is 12.0 Å². The van der Waals surface area contributed by atoms with E-state index in [0.29, 0.717) is 6.42 Å². The monoisotopic (exact) mass is 232 g/mol. The van der Waals surface area contributed by atoms with E-state index in [0.717, 1.165) is 11.3 Å². The maximum absolute atomic E-state index is 11.4. The molecule has 0 bridgehead atoms. The summed E-state index contributed by atoms with van der Waals surface area (Å²) in [6.45, 7) is 0. The normalized spacial score (nSPS) is 10.4. The maximum Gasteiger partial charge on any atom is 0.330 e. The first-order chi connectivity index (χ1) is 8.16. The number of aromatic amines is 1. The molecule has 0 unspecified atom stereocenters. The van der Waals surface area contributed by atoms with Gasteiger partial charge >= 0.3 is 11.7 Å². The van der Waals surface area contributed by atoms with Gasteiger partial charge in [0.1, 0.15) is 0 Å². The molecule has 0 spiro atoms. The summed E-state index contributed by atoms with van der Waals surface area (Å²) < 4.78 is 1.48. The van der Waals surface area contributed by atoms with Gasteiger partial charge in [-0.05, 0) is 24.1 Å². The number of aromatic nitrogens is 2. The Morgan fingerprint density at radius 2 is 2.24 bits per heavy atom. The molecule has 88 valence electrons. The van der Waals surface area contributed by atoms with E-state index in [1.54, 1.807) is 18.5 Å². The lowest BCUT2D eigenvalue weighted by Crippen LogP contribution is -2.14. The molecule has 2 N–H and O–H groups in total. The molecule has 5 heteroatoms. The number of rotatable bonds is 4. The molecule has 17 heavy (non-hydrogen) atoms. The predicted molar refractivity (Wildman–Crippen MR) is 62.3 cm³/mol. The number of hydrogen-bond donors (Lipinski definition) is 2. The van der Waals surface area contributed by atoms with Crippen LogP contribution in [-0.4, -0.2) is 20.6 Å². The number of H-pyrrole nitrogens is 1. The van der Waals surface area contributed by atoms with Crippen molar-refractivity contribution >= 4 is 5.97 Å². The van der Waals surface area contributed by atoms with E-state index in [1.807, 2.05) is 18.2 Å². The fourth-order valence-electron chi connectivity index (χ4n) is 1.64. The summed E-state index contributed by atoms with van der Waals surface area (Å²) in [5.74, 6) is -0.825. The van der Waals surface area contributed by atoms with E-state index in [4.69, 9.17) is 5.11 Å². The van der Waals surface area contributed by atoms with Gasteiger partial charge in [0.2, 0.25) is 0 Å². The van der Waals surface area contributed by atoms with Crippen molar-refractivity contribution in [2.45, 2.75) is 12.8 Å². The van der Waals surface area contributed by atoms with Gasteiger partial charge < -0.3 is 10.1 Å². The summed E-state index contributed by atoms with van der Waals surface area (Å²) in [6.07, 6.45) is 3.75. The van der Waals surface area contributed by atoms with Gasteiger partial charge in [0, 0.05) is 18.8 Å². The minimum Gasteiger partial charge on any atom is -0.481 e. The van der Waals surface area contributed by atoms with Crippen LogP contribution >= 0.6 is 0 Å². The summed E-state index contributed by atoms with van der Waals surface area (Å²) in [6, 6.07) is 7.29. The van der Waals surface area contributed by atoms with Crippen molar-refractivity contribution in [3.8, 4) is 5.69 Å². The van der Waals surface area contributed by atoms with Gasteiger partial charge in [0.25, 0.3) is 0 Å². The molecule has 0 amide bonds. The van der Waals surface area contributed by atoms with Crippen molar-refractivity contribution in [3.63, 3.8) is 0 Å². The topological polar surface area (TPSA) is 75.1 Å². The average Bonchev–Trinajstić information content (AvgIpc) is 2.73. The molecular formula is C12H12N2O3. The number of benzene rings is 1. The number of carbonyl (C=O) groups is 1. The summed E-state index contributed by atoms with van der Waals surface area (Å²) in [5, 5.41) is 8.61. The second-order valence-electron chi connectivity index (χ2n) is 3.70. The van der Waals surface area contributed by atoms with E-state index >= 15 is 0 Å². The fourth-order valence-corrected chi connectivity index (χ4v) is 1.64. The first-order valence-electron chi connectivity index (χ1n) is 5.24. The van der Waals surface area contributed by atoms with Crippen LogP contribution in [0.4, 0.5) is 0 Å². The lowest BCUT2D eigenvalue weighted by atomic mass is 10.1. The second kappa shape index (κ2) is 4.69. The molecule has 0 saturated heterocycles. The van der Waals surface area contributed by atoms with Crippen LogP contribution in [0.15, 0.2) is 41.5 Å². The molecule has 2 aromatic rings. The molecule has 0 atom stereocenters. The number of aryl methyl sites for hydroxylation is 1. The van der Waals surface area contributed by atoms with Crippen molar-refractivity contribution < 1.29 is 9.90 Å². The Hall–Kier alpha value is -2.30. The Balaban J connectivity index is 2.26. The van der Waals surface area contributed by atoms with Crippen molar-refractivity contribution in [2.75, 3.05) is 0 Å². The Morgan fingerprint density at radius 3 is 2.88 bits per heavy atom. The van der Waals surface area contributed by atoms with Crippen LogP contribution in [0, 0.1) is 0 Å². The number of nitrogens with zero attached hydrogens (tertiary/aromatic N) is 1. The number of carboxylic acid groups (broad SMARTS) is 1. The SMILES string of the molecule is O=C(O)CCc1cccc(-n2cc[nH]c2=O)c1. The molecule has 0 radical (unpaired) electrons. The largest absolute Gasteiger partial charge is 0.481 e. The minimum absolute atomic E-state index is 0.0888. The van der Waals surface area contributed by atoms with E-state index in [-0.39, 0.29) is 12.1 Å². The summed E-state index contributed by atoms with van der Waals surface area (Å²) in [5.41, 5.74) is 1.43. The summed E-state index contributed by atoms with van der Waals surface area (Å²) in [4.78, 5) is 24.4. The molecule has 0 fully saturated rings. The fraction of sp³-hybridized carbons (Fsp3) is 0.167. The third kappa shape index (κ3) is 2.63. The zero-order chi connectivity index (χ0) is 12.3. The number of nitrogens with one attached hydrogen (secondary N) is 1. The lowest BCUT2D eigenvalue weighted by Gasteiger charge is -2.04. The summed E-state index contributed by atoms with van der Waals surface area (Å²) in [7, 11) is 0. The third-order valence-corrected chi connectivity index (χ3v) is 2.47. The van der Waals surface area contributed by atoms with Crippen LogP contribution in [0.5, 0.6) is 0 Å². The Bertz CT molecular complexity index is 583. The first-order valence-corrected chi connectivity index (χ1v) is 5.24. The van der Waals surface area contributed by atoms with Crippen LogP contribution < -0.4 is 5.69 Å². The highest BCUT2D eigenvalue weighted by Gasteiger charge is 2.03. The van der Waals surface area contributed by atoms with Crippen LogP contribution in [-0.2, 0) is 11.2 Å². The lowest BCUT2D eigenvalue weighted by molar-refractivity contribution is -0.136. The minimum atomic E-state index is -0.825. The van der Waals surface area contributed by atoms with Gasteiger partial charge in [-0.2, -0.15) is 0 Å². The van der Waals surface area contributed by atoms with E-state index in [9.17, 15) is 9.59 Å². The molecule has 1 aromatic carbocycles. The zero-order valence-corrected chi connectivity index (χ0v) is 9.09. The smallest absolute Gasteiger partial charge is 0.330 e. The standard InChI is InChI=1S/C12H12N2O3/c15-11(16)5-4-9-2-1-3-10(8-9)14-7-6-13-12(14)17/h1-3,6-8H,4-5H2,(H,13,17)(H,15,16). The number of imidazole rings is 1. The quantitative estimate of drug-likeness (QED) is 0.831. The molecular weight excluding hydrogens is 220 g/mol. The molecule has 0 aliphatic carbocycles.